The third-order valence-corrected chi connectivity index (χ3v) is 5.07. The summed E-state index contributed by atoms with van der Waals surface area (Å²) in [5, 5.41) is 0.443. The Morgan fingerprint density at radius 3 is 2.68 bits per heavy atom. The van der Waals surface area contributed by atoms with Gasteiger partial charge in [0.1, 0.15) is 11.6 Å². The number of hydrogen-bond donors (Lipinski definition) is 0. The van der Waals surface area contributed by atoms with E-state index in [2.05, 4.69) is 18.8 Å². The van der Waals surface area contributed by atoms with Crippen LogP contribution in [0.4, 0.5) is 4.39 Å². The van der Waals surface area contributed by atoms with Gasteiger partial charge in [-0.1, -0.05) is 44.0 Å². The summed E-state index contributed by atoms with van der Waals surface area (Å²) in [7, 11) is 0. The van der Waals surface area contributed by atoms with Crippen LogP contribution < -0.4 is 0 Å². The number of benzene rings is 2. The molecule has 0 spiro atoms. The molecule has 4 nitrogen and oxygen atoms in total. The third kappa shape index (κ3) is 4.36. The maximum Gasteiger partial charge on any atom is 0.255 e. The van der Waals surface area contributed by atoms with Gasteiger partial charge >= 0.3 is 0 Å². The van der Waals surface area contributed by atoms with Gasteiger partial charge < -0.3 is 9.47 Å². The quantitative estimate of drug-likeness (QED) is 0.487. The summed E-state index contributed by atoms with van der Waals surface area (Å²) in [6.07, 6.45) is 2.75. The lowest BCUT2D eigenvalue weighted by molar-refractivity contribution is 0.0735. The third-order valence-electron chi connectivity index (χ3n) is 4.74. The molecule has 28 heavy (non-hydrogen) atoms. The monoisotopic (exact) mass is 401 g/mol. The molecule has 0 radical (unpaired) electrons. The Morgan fingerprint density at radius 1 is 1.18 bits per heavy atom. The number of imidazole rings is 1. The number of rotatable bonds is 8. The molecule has 0 aliphatic carbocycles. The minimum Gasteiger partial charge on any atom is -0.331 e. The van der Waals surface area contributed by atoms with Crippen LogP contribution >= 0.6 is 11.6 Å². The van der Waals surface area contributed by atoms with Crippen LogP contribution in [0.1, 0.15) is 49.3 Å². The highest BCUT2D eigenvalue weighted by atomic mass is 35.5. The fourth-order valence-corrected chi connectivity index (χ4v) is 3.53. The van der Waals surface area contributed by atoms with E-state index in [1.54, 1.807) is 23.1 Å². The molecule has 0 aliphatic heterocycles. The second-order valence-electron chi connectivity index (χ2n) is 6.87. The van der Waals surface area contributed by atoms with Crippen molar-refractivity contribution >= 4 is 28.5 Å². The molecule has 1 amide bonds. The highest BCUT2D eigenvalue weighted by molar-refractivity contribution is 6.33. The highest BCUT2D eigenvalue weighted by Crippen LogP contribution is 2.22. The molecule has 0 fully saturated rings. The SMILES string of the molecule is CCCCN(Cc1nc2ccc(F)cc2n1CCC)C(=O)c1ccccc1Cl. The zero-order chi connectivity index (χ0) is 20.1. The van der Waals surface area contributed by atoms with Crippen molar-refractivity contribution in [3.63, 3.8) is 0 Å². The molecule has 6 heteroatoms. The highest BCUT2D eigenvalue weighted by Gasteiger charge is 2.21. The van der Waals surface area contributed by atoms with Gasteiger partial charge in [0.05, 0.1) is 28.2 Å². The fourth-order valence-electron chi connectivity index (χ4n) is 3.32. The lowest BCUT2D eigenvalue weighted by atomic mass is 10.2. The molecule has 0 bridgehead atoms. The number of fused-ring (bicyclic) bond motifs is 1. The Morgan fingerprint density at radius 2 is 1.96 bits per heavy atom. The van der Waals surface area contributed by atoms with Crippen LogP contribution in [0.15, 0.2) is 42.5 Å². The molecule has 3 aromatic rings. The van der Waals surface area contributed by atoms with Crippen molar-refractivity contribution in [2.75, 3.05) is 6.54 Å². The van der Waals surface area contributed by atoms with Crippen LogP contribution in [0.2, 0.25) is 5.02 Å². The summed E-state index contributed by atoms with van der Waals surface area (Å²) in [6, 6.07) is 11.7. The minimum absolute atomic E-state index is 0.111. The summed E-state index contributed by atoms with van der Waals surface area (Å²) < 4.78 is 15.8. The van der Waals surface area contributed by atoms with Crippen molar-refractivity contribution < 1.29 is 9.18 Å². The summed E-state index contributed by atoms with van der Waals surface area (Å²) in [6.45, 7) is 5.85. The van der Waals surface area contributed by atoms with Gasteiger partial charge in [-0.2, -0.15) is 0 Å². The molecule has 0 saturated carbocycles. The lowest BCUT2D eigenvalue weighted by Crippen LogP contribution is -2.33. The molecular formula is C22H25ClFN3O. The summed E-state index contributed by atoms with van der Waals surface area (Å²) in [4.78, 5) is 19.6. The number of nitrogens with zero attached hydrogens (tertiary/aromatic N) is 3. The van der Waals surface area contributed by atoms with E-state index < -0.39 is 0 Å². The van der Waals surface area contributed by atoms with Crippen LogP contribution in [0.3, 0.4) is 0 Å². The normalized spacial score (nSPS) is 11.1. The number of amides is 1. The predicted octanol–water partition coefficient (Wildman–Crippen LogP) is 5.68. The Hall–Kier alpha value is -2.40. The minimum atomic E-state index is -0.286. The molecule has 148 valence electrons. The predicted molar refractivity (Wildman–Crippen MR) is 111 cm³/mol. The van der Waals surface area contributed by atoms with E-state index in [-0.39, 0.29) is 11.7 Å². The first-order valence-electron chi connectivity index (χ1n) is 9.73. The lowest BCUT2D eigenvalue weighted by Gasteiger charge is -2.23. The fraction of sp³-hybridized carbons (Fsp3) is 0.364. The van der Waals surface area contributed by atoms with Crippen molar-refractivity contribution in [2.24, 2.45) is 0 Å². The van der Waals surface area contributed by atoms with Crippen molar-refractivity contribution in [2.45, 2.75) is 46.2 Å². The van der Waals surface area contributed by atoms with Crippen LogP contribution in [0.5, 0.6) is 0 Å². The molecule has 1 heterocycles. The number of hydrogen-bond acceptors (Lipinski definition) is 2. The maximum atomic E-state index is 13.8. The second-order valence-corrected chi connectivity index (χ2v) is 7.28. The zero-order valence-electron chi connectivity index (χ0n) is 16.3. The van der Waals surface area contributed by atoms with E-state index in [1.807, 2.05) is 16.7 Å². The van der Waals surface area contributed by atoms with Gasteiger partial charge in [-0.05, 0) is 43.2 Å². The topological polar surface area (TPSA) is 38.1 Å². The first kappa shape index (κ1) is 20.3. The van der Waals surface area contributed by atoms with Crippen LogP contribution in [-0.4, -0.2) is 26.9 Å². The maximum absolute atomic E-state index is 13.8. The van der Waals surface area contributed by atoms with Crippen molar-refractivity contribution in [1.82, 2.24) is 14.5 Å². The van der Waals surface area contributed by atoms with E-state index in [4.69, 9.17) is 11.6 Å². The van der Waals surface area contributed by atoms with E-state index in [0.717, 1.165) is 42.7 Å². The summed E-state index contributed by atoms with van der Waals surface area (Å²) in [5.74, 6) is 0.366. The first-order valence-corrected chi connectivity index (χ1v) is 10.1. The van der Waals surface area contributed by atoms with E-state index in [1.165, 1.54) is 12.1 Å². The van der Waals surface area contributed by atoms with Gasteiger partial charge in [-0.3, -0.25) is 4.79 Å². The number of aromatic nitrogens is 2. The van der Waals surface area contributed by atoms with Gasteiger partial charge in [-0.25, -0.2) is 9.37 Å². The average molecular weight is 402 g/mol. The number of carbonyl (C=O) groups is 1. The Labute approximate surface area is 169 Å². The number of carbonyl (C=O) groups excluding carboxylic acids is 1. The van der Waals surface area contributed by atoms with Gasteiger partial charge in [0.2, 0.25) is 0 Å². The largest absolute Gasteiger partial charge is 0.331 e. The van der Waals surface area contributed by atoms with Crippen molar-refractivity contribution in [3.8, 4) is 0 Å². The Kier molecular flexibility index (Phi) is 6.68. The molecule has 3 rings (SSSR count). The van der Waals surface area contributed by atoms with Crippen molar-refractivity contribution in [3.05, 3.63) is 64.7 Å². The smallest absolute Gasteiger partial charge is 0.255 e. The number of halogens is 2. The molecule has 0 aliphatic rings. The Bertz CT molecular complexity index is 970. The van der Waals surface area contributed by atoms with E-state index in [9.17, 15) is 9.18 Å². The van der Waals surface area contributed by atoms with Crippen LogP contribution in [0.25, 0.3) is 11.0 Å². The van der Waals surface area contributed by atoms with Crippen molar-refractivity contribution in [1.29, 1.82) is 0 Å². The van der Waals surface area contributed by atoms with Gasteiger partial charge in [0, 0.05) is 13.1 Å². The second kappa shape index (κ2) is 9.20. The van der Waals surface area contributed by atoms with Crippen LogP contribution in [-0.2, 0) is 13.1 Å². The molecule has 2 aromatic carbocycles. The first-order chi connectivity index (χ1) is 13.5. The number of aryl methyl sites for hydroxylation is 1. The van der Waals surface area contributed by atoms with Crippen LogP contribution in [0, 0.1) is 5.82 Å². The zero-order valence-corrected chi connectivity index (χ0v) is 17.0. The molecule has 0 saturated heterocycles. The van der Waals surface area contributed by atoms with E-state index in [0.29, 0.717) is 23.7 Å². The van der Waals surface area contributed by atoms with Gasteiger partial charge in [-0.15, -0.1) is 0 Å². The number of unbranched alkanes of at least 4 members (excludes halogenated alkanes) is 1. The average Bonchev–Trinajstić information content (AvgIpc) is 3.02. The van der Waals surface area contributed by atoms with E-state index >= 15 is 0 Å². The summed E-state index contributed by atoms with van der Waals surface area (Å²) in [5.41, 5.74) is 1.99. The Balaban J connectivity index is 1.97. The molecule has 0 N–H and O–H groups in total. The van der Waals surface area contributed by atoms with Gasteiger partial charge in [0.15, 0.2) is 0 Å². The molecule has 0 unspecified atom stereocenters. The molecule has 1 aromatic heterocycles. The summed E-state index contributed by atoms with van der Waals surface area (Å²) >= 11 is 6.25. The molecule has 0 atom stereocenters. The van der Waals surface area contributed by atoms with Gasteiger partial charge in [0.25, 0.3) is 5.91 Å². The molecular weight excluding hydrogens is 377 g/mol. The standard InChI is InChI=1S/C22H25ClFN3O/c1-3-5-13-26(22(28)17-8-6-7-9-18(17)23)15-21-25-19-11-10-16(24)14-20(19)27(21)12-4-2/h6-11,14H,3-5,12-13,15H2,1-2H3.